The van der Waals surface area contributed by atoms with Gasteiger partial charge in [-0.25, -0.2) is 9.97 Å². The van der Waals surface area contributed by atoms with Gasteiger partial charge < -0.3 is 14.7 Å². The predicted octanol–water partition coefficient (Wildman–Crippen LogP) is 1.68. The standard InChI is InChI=1S/C13H15N3O3S/c1-8-4-10-12(14-7-15-13(10)20-8)16-2-3-19-9(6-16)5-11(17)18/h4,7,9H,2-3,5-6H2,1H3,(H,17,18). The number of morpholine rings is 1. The second-order valence-electron chi connectivity index (χ2n) is 4.81. The Morgan fingerprint density at radius 2 is 2.45 bits per heavy atom. The number of hydrogen-bond donors (Lipinski definition) is 1. The number of hydrogen-bond acceptors (Lipinski definition) is 6. The molecular weight excluding hydrogens is 278 g/mol. The Morgan fingerprint density at radius 1 is 1.60 bits per heavy atom. The Hall–Kier alpha value is -1.73. The molecule has 106 valence electrons. The van der Waals surface area contributed by atoms with Crippen molar-refractivity contribution in [3.8, 4) is 0 Å². The molecule has 0 bridgehead atoms. The van der Waals surface area contributed by atoms with Gasteiger partial charge in [-0.1, -0.05) is 0 Å². The van der Waals surface area contributed by atoms with Crippen LogP contribution in [-0.4, -0.2) is 46.8 Å². The van der Waals surface area contributed by atoms with Gasteiger partial charge in [0.25, 0.3) is 0 Å². The number of anilines is 1. The lowest BCUT2D eigenvalue weighted by atomic mass is 10.2. The normalized spacial score (nSPS) is 19.4. The molecule has 0 saturated carbocycles. The Labute approximate surface area is 120 Å². The van der Waals surface area contributed by atoms with Gasteiger partial charge in [-0.3, -0.25) is 4.79 Å². The molecule has 1 aliphatic heterocycles. The number of aryl methyl sites for hydroxylation is 1. The number of carbonyl (C=O) groups is 1. The number of aromatic nitrogens is 2. The summed E-state index contributed by atoms with van der Waals surface area (Å²) in [6.07, 6.45) is 1.30. The molecule has 3 rings (SSSR count). The van der Waals surface area contributed by atoms with Gasteiger partial charge in [-0.2, -0.15) is 0 Å². The molecule has 7 heteroatoms. The molecule has 2 aromatic rings. The molecule has 0 spiro atoms. The van der Waals surface area contributed by atoms with Crippen molar-refractivity contribution in [3.63, 3.8) is 0 Å². The summed E-state index contributed by atoms with van der Waals surface area (Å²) in [6.45, 7) is 3.83. The average Bonchev–Trinajstić information content (AvgIpc) is 2.78. The van der Waals surface area contributed by atoms with Gasteiger partial charge >= 0.3 is 5.97 Å². The molecule has 1 fully saturated rings. The number of ether oxygens (including phenoxy) is 1. The molecule has 1 saturated heterocycles. The van der Waals surface area contributed by atoms with E-state index in [1.165, 1.54) is 4.88 Å². The highest BCUT2D eigenvalue weighted by Crippen LogP contribution is 2.30. The lowest BCUT2D eigenvalue weighted by Gasteiger charge is -2.33. The summed E-state index contributed by atoms with van der Waals surface area (Å²) in [4.78, 5) is 23.7. The first kappa shape index (κ1) is 13.3. The number of fused-ring (bicyclic) bond motifs is 1. The van der Waals surface area contributed by atoms with Crippen molar-refractivity contribution in [2.75, 3.05) is 24.6 Å². The van der Waals surface area contributed by atoms with Crippen LogP contribution in [0, 0.1) is 6.92 Å². The Balaban J connectivity index is 1.88. The number of carboxylic acid groups (broad SMARTS) is 1. The largest absolute Gasteiger partial charge is 0.481 e. The van der Waals surface area contributed by atoms with E-state index in [0.29, 0.717) is 13.2 Å². The van der Waals surface area contributed by atoms with E-state index >= 15 is 0 Å². The molecule has 1 atom stereocenters. The van der Waals surface area contributed by atoms with Gasteiger partial charge in [0.2, 0.25) is 0 Å². The van der Waals surface area contributed by atoms with Crippen molar-refractivity contribution in [1.82, 2.24) is 9.97 Å². The number of nitrogens with zero attached hydrogens (tertiary/aromatic N) is 3. The maximum absolute atomic E-state index is 10.8. The van der Waals surface area contributed by atoms with Crippen LogP contribution < -0.4 is 4.90 Å². The first-order valence-electron chi connectivity index (χ1n) is 6.43. The topological polar surface area (TPSA) is 75.5 Å². The Kier molecular flexibility index (Phi) is 3.54. The lowest BCUT2D eigenvalue weighted by molar-refractivity contribution is -0.140. The van der Waals surface area contributed by atoms with Crippen LogP contribution in [0.4, 0.5) is 5.82 Å². The lowest BCUT2D eigenvalue weighted by Crippen LogP contribution is -2.43. The fourth-order valence-corrected chi connectivity index (χ4v) is 3.29. The van der Waals surface area contributed by atoms with Gasteiger partial charge in [-0.15, -0.1) is 11.3 Å². The molecule has 20 heavy (non-hydrogen) atoms. The zero-order valence-electron chi connectivity index (χ0n) is 11.1. The molecule has 0 radical (unpaired) electrons. The van der Waals surface area contributed by atoms with E-state index in [0.717, 1.165) is 22.6 Å². The molecule has 6 nitrogen and oxygen atoms in total. The number of aliphatic carboxylic acids is 1. The van der Waals surface area contributed by atoms with E-state index in [1.807, 2.05) is 6.92 Å². The van der Waals surface area contributed by atoms with E-state index in [1.54, 1.807) is 17.7 Å². The average molecular weight is 293 g/mol. The molecule has 3 heterocycles. The predicted molar refractivity (Wildman–Crippen MR) is 76.4 cm³/mol. The van der Waals surface area contributed by atoms with E-state index in [-0.39, 0.29) is 12.5 Å². The van der Waals surface area contributed by atoms with Gasteiger partial charge in [0, 0.05) is 18.0 Å². The number of thiophene rings is 1. The highest BCUT2D eigenvalue weighted by Gasteiger charge is 2.25. The minimum absolute atomic E-state index is 0.0212. The zero-order valence-corrected chi connectivity index (χ0v) is 11.9. The molecule has 1 N–H and O–H groups in total. The van der Waals surface area contributed by atoms with E-state index in [9.17, 15) is 4.79 Å². The van der Waals surface area contributed by atoms with Gasteiger partial charge in [-0.05, 0) is 13.0 Å². The van der Waals surface area contributed by atoms with Crippen LogP contribution in [0.3, 0.4) is 0 Å². The zero-order chi connectivity index (χ0) is 14.1. The van der Waals surface area contributed by atoms with Crippen molar-refractivity contribution < 1.29 is 14.6 Å². The third-order valence-electron chi connectivity index (χ3n) is 3.27. The smallest absolute Gasteiger partial charge is 0.306 e. The second-order valence-corrected chi connectivity index (χ2v) is 6.04. The van der Waals surface area contributed by atoms with Gasteiger partial charge in [0.15, 0.2) is 0 Å². The van der Waals surface area contributed by atoms with Crippen molar-refractivity contribution >= 4 is 33.3 Å². The van der Waals surface area contributed by atoms with E-state index in [2.05, 4.69) is 20.9 Å². The SMILES string of the molecule is Cc1cc2c(N3CCOC(CC(=O)O)C3)ncnc2s1. The minimum atomic E-state index is -0.837. The third kappa shape index (κ3) is 2.59. The third-order valence-corrected chi connectivity index (χ3v) is 4.23. The van der Waals surface area contributed by atoms with Crippen LogP contribution in [0.25, 0.3) is 10.2 Å². The fraction of sp³-hybridized carbons (Fsp3) is 0.462. The van der Waals surface area contributed by atoms with E-state index < -0.39 is 5.97 Å². The highest BCUT2D eigenvalue weighted by atomic mass is 32.1. The van der Waals surface area contributed by atoms with Crippen molar-refractivity contribution in [2.45, 2.75) is 19.4 Å². The summed E-state index contributed by atoms with van der Waals surface area (Å²) in [5.41, 5.74) is 0. The van der Waals surface area contributed by atoms with Gasteiger partial charge in [0.1, 0.15) is 17.0 Å². The molecule has 2 aromatic heterocycles. The van der Waals surface area contributed by atoms with Crippen LogP contribution in [0.2, 0.25) is 0 Å². The molecule has 0 amide bonds. The van der Waals surface area contributed by atoms with Crippen LogP contribution in [0.15, 0.2) is 12.4 Å². The van der Waals surface area contributed by atoms with Crippen molar-refractivity contribution in [2.24, 2.45) is 0 Å². The van der Waals surface area contributed by atoms with Crippen LogP contribution in [0.5, 0.6) is 0 Å². The summed E-state index contributed by atoms with van der Waals surface area (Å²) >= 11 is 1.64. The number of carboxylic acids is 1. The molecule has 0 aliphatic carbocycles. The highest BCUT2D eigenvalue weighted by molar-refractivity contribution is 7.18. The number of rotatable bonds is 3. The Morgan fingerprint density at radius 3 is 3.25 bits per heavy atom. The molecule has 0 aromatic carbocycles. The summed E-state index contributed by atoms with van der Waals surface area (Å²) in [5.74, 6) is 0.0362. The molecular formula is C13H15N3O3S. The quantitative estimate of drug-likeness (QED) is 0.928. The van der Waals surface area contributed by atoms with Gasteiger partial charge in [0.05, 0.1) is 24.5 Å². The summed E-state index contributed by atoms with van der Waals surface area (Å²) in [7, 11) is 0. The fourth-order valence-electron chi connectivity index (χ4n) is 2.45. The molecule has 1 aliphatic rings. The monoisotopic (exact) mass is 293 g/mol. The summed E-state index contributed by atoms with van der Waals surface area (Å²) < 4.78 is 5.49. The van der Waals surface area contributed by atoms with Crippen LogP contribution >= 0.6 is 11.3 Å². The maximum atomic E-state index is 10.8. The second kappa shape index (κ2) is 5.34. The van der Waals surface area contributed by atoms with Crippen molar-refractivity contribution in [3.05, 3.63) is 17.3 Å². The van der Waals surface area contributed by atoms with E-state index in [4.69, 9.17) is 9.84 Å². The minimum Gasteiger partial charge on any atom is -0.481 e. The van der Waals surface area contributed by atoms with Crippen molar-refractivity contribution in [1.29, 1.82) is 0 Å². The summed E-state index contributed by atoms with van der Waals surface area (Å²) in [5, 5.41) is 9.91. The maximum Gasteiger partial charge on any atom is 0.306 e. The van der Waals surface area contributed by atoms with Crippen LogP contribution in [-0.2, 0) is 9.53 Å². The first-order chi connectivity index (χ1) is 9.63. The first-order valence-corrected chi connectivity index (χ1v) is 7.24. The summed E-state index contributed by atoms with van der Waals surface area (Å²) in [6, 6.07) is 2.08. The van der Waals surface area contributed by atoms with Crippen LogP contribution in [0.1, 0.15) is 11.3 Å². The molecule has 1 unspecified atom stereocenters. The Bertz CT molecular complexity index is 643.